The van der Waals surface area contributed by atoms with Crippen LogP contribution in [0.25, 0.3) is 6.08 Å². The summed E-state index contributed by atoms with van der Waals surface area (Å²) in [4.78, 5) is 12.5. The molecule has 3 heteroatoms. The summed E-state index contributed by atoms with van der Waals surface area (Å²) in [6.07, 6.45) is 2.63. The minimum atomic E-state index is 0.115. The molecule has 3 nitrogen and oxygen atoms in total. The zero-order valence-corrected chi connectivity index (χ0v) is 14.3. The molecule has 0 unspecified atom stereocenters. The highest BCUT2D eigenvalue weighted by molar-refractivity contribution is 6.15. The number of benzene rings is 2. The lowest BCUT2D eigenvalue weighted by Gasteiger charge is -2.13. The van der Waals surface area contributed by atoms with Gasteiger partial charge in [-0.15, -0.1) is 0 Å². The van der Waals surface area contributed by atoms with Crippen molar-refractivity contribution in [3.63, 3.8) is 0 Å². The van der Waals surface area contributed by atoms with Crippen molar-refractivity contribution < 1.29 is 14.3 Å². The third-order valence-corrected chi connectivity index (χ3v) is 4.04. The van der Waals surface area contributed by atoms with Crippen LogP contribution in [-0.2, 0) is 6.42 Å². The van der Waals surface area contributed by atoms with E-state index in [4.69, 9.17) is 9.47 Å². The van der Waals surface area contributed by atoms with Gasteiger partial charge in [-0.1, -0.05) is 44.2 Å². The van der Waals surface area contributed by atoms with E-state index >= 15 is 0 Å². The van der Waals surface area contributed by atoms with Gasteiger partial charge in [0.1, 0.15) is 0 Å². The average Bonchev–Trinajstić information content (AvgIpc) is 2.89. The molecule has 124 valence electrons. The van der Waals surface area contributed by atoms with Gasteiger partial charge in [-0.2, -0.15) is 0 Å². The number of allylic oxidation sites excluding steroid dienone is 1. The van der Waals surface area contributed by atoms with Gasteiger partial charge in [-0.3, -0.25) is 4.79 Å². The molecule has 1 aliphatic rings. The minimum absolute atomic E-state index is 0.115. The van der Waals surface area contributed by atoms with E-state index in [9.17, 15) is 4.79 Å². The van der Waals surface area contributed by atoms with E-state index in [2.05, 4.69) is 13.8 Å². The number of hydrogen-bond donors (Lipinski definition) is 0. The second-order valence-electron chi connectivity index (χ2n) is 6.45. The minimum Gasteiger partial charge on any atom is -0.493 e. The monoisotopic (exact) mass is 322 g/mol. The van der Waals surface area contributed by atoms with Gasteiger partial charge in [0.05, 0.1) is 13.7 Å². The normalized spacial score (nSPS) is 15.0. The standard InChI is InChI=1S/C21H22O3/c1-14(2)13-24-19-9-8-15(11-20(19)23-3)10-17-12-16-6-4-5-7-18(16)21(17)22/h4-11,14H,12-13H2,1-3H3/b17-10+. The first kappa shape index (κ1) is 16.3. The lowest BCUT2D eigenvalue weighted by molar-refractivity contribution is 0.104. The summed E-state index contributed by atoms with van der Waals surface area (Å²) in [5, 5.41) is 0. The van der Waals surface area contributed by atoms with Crippen molar-refractivity contribution in [1.29, 1.82) is 0 Å². The fraction of sp³-hybridized carbons (Fsp3) is 0.286. The Balaban J connectivity index is 1.85. The summed E-state index contributed by atoms with van der Waals surface area (Å²) in [5.41, 5.74) is 3.67. The van der Waals surface area contributed by atoms with Crippen LogP contribution in [0.2, 0.25) is 0 Å². The maximum Gasteiger partial charge on any atom is 0.189 e. The Morgan fingerprint density at radius 1 is 1.12 bits per heavy atom. The molecule has 0 aromatic heterocycles. The fourth-order valence-corrected chi connectivity index (χ4v) is 2.82. The predicted molar refractivity (Wildman–Crippen MR) is 95.8 cm³/mol. The van der Waals surface area contributed by atoms with Crippen molar-refractivity contribution in [1.82, 2.24) is 0 Å². The number of fused-ring (bicyclic) bond motifs is 1. The Bertz CT molecular complexity index is 787. The zero-order chi connectivity index (χ0) is 17.1. The zero-order valence-electron chi connectivity index (χ0n) is 14.3. The Morgan fingerprint density at radius 3 is 2.62 bits per heavy atom. The molecular weight excluding hydrogens is 300 g/mol. The number of ketones is 1. The first-order valence-corrected chi connectivity index (χ1v) is 8.22. The summed E-state index contributed by atoms with van der Waals surface area (Å²) >= 11 is 0. The molecule has 0 amide bonds. The topological polar surface area (TPSA) is 35.5 Å². The predicted octanol–water partition coefficient (Wildman–Crippen LogP) is 4.55. The summed E-state index contributed by atoms with van der Waals surface area (Å²) < 4.78 is 11.2. The number of rotatable bonds is 5. The van der Waals surface area contributed by atoms with Gasteiger partial charge in [-0.25, -0.2) is 0 Å². The largest absolute Gasteiger partial charge is 0.493 e. The quantitative estimate of drug-likeness (QED) is 0.757. The summed E-state index contributed by atoms with van der Waals surface area (Å²) in [7, 11) is 1.63. The Morgan fingerprint density at radius 2 is 1.92 bits per heavy atom. The van der Waals surface area contributed by atoms with Crippen LogP contribution in [0.4, 0.5) is 0 Å². The van der Waals surface area contributed by atoms with Crippen molar-refractivity contribution in [2.24, 2.45) is 5.92 Å². The third-order valence-electron chi connectivity index (χ3n) is 4.04. The van der Waals surface area contributed by atoms with Crippen LogP contribution in [-0.4, -0.2) is 19.5 Å². The number of carbonyl (C=O) groups is 1. The van der Waals surface area contributed by atoms with Crippen LogP contribution in [0.5, 0.6) is 11.5 Å². The maximum absolute atomic E-state index is 12.5. The number of hydrogen-bond acceptors (Lipinski definition) is 3. The van der Waals surface area contributed by atoms with E-state index < -0.39 is 0 Å². The molecule has 0 bridgehead atoms. The molecule has 0 N–H and O–H groups in total. The van der Waals surface area contributed by atoms with E-state index in [1.165, 1.54) is 0 Å². The van der Waals surface area contributed by atoms with Crippen molar-refractivity contribution in [3.05, 3.63) is 64.7 Å². The second kappa shape index (κ2) is 6.91. The number of ether oxygens (including phenoxy) is 2. The van der Waals surface area contributed by atoms with Crippen LogP contribution in [0.15, 0.2) is 48.0 Å². The molecule has 1 aliphatic carbocycles. The highest BCUT2D eigenvalue weighted by atomic mass is 16.5. The number of carbonyl (C=O) groups excluding carboxylic acids is 1. The first-order chi connectivity index (χ1) is 11.6. The molecule has 2 aromatic carbocycles. The molecule has 0 atom stereocenters. The summed E-state index contributed by atoms with van der Waals surface area (Å²) in [6, 6.07) is 13.6. The number of methoxy groups -OCH3 is 1. The van der Waals surface area contributed by atoms with Crippen LogP contribution in [0, 0.1) is 5.92 Å². The van der Waals surface area contributed by atoms with Gasteiger partial charge >= 0.3 is 0 Å². The lowest BCUT2D eigenvalue weighted by atomic mass is 10.1. The second-order valence-corrected chi connectivity index (χ2v) is 6.45. The third kappa shape index (κ3) is 3.35. The fourth-order valence-electron chi connectivity index (χ4n) is 2.82. The highest BCUT2D eigenvalue weighted by Crippen LogP contribution is 2.32. The maximum atomic E-state index is 12.5. The Hall–Kier alpha value is -2.55. The van der Waals surface area contributed by atoms with Crippen LogP contribution >= 0.6 is 0 Å². The van der Waals surface area contributed by atoms with Crippen LogP contribution in [0.1, 0.15) is 35.3 Å². The van der Waals surface area contributed by atoms with Crippen molar-refractivity contribution in [3.8, 4) is 11.5 Å². The van der Waals surface area contributed by atoms with Gasteiger partial charge in [0.15, 0.2) is 17.3 Å². The molecular formula is C21H22O3. The van der Waals surface area contributed by atoms with E-state index in [0.29, 0.717) is 24.7 Å². The van der Waals surface area contributed by atoms with Gasteiger partial charge in [0.25, 0.3) is 0 Å². The van der Waals surface area contributed by atoms with E-state index in [0.717, 1.165) is 28.0 Å². The van der Waals surface area contributed by atoms with Gasteiger partial charge in [0, 0.05) is 17.6 Å². The first-order valence-electron chi connectivity index (χ1n) is 8.22. The van der Waals surface area contributed by atoms with E-state index in [-0.39, 0.29) is 5.78 Å². The van der Waals surface area contributed by atoms with Crippen molar-refractivity contribution in [2.45, 2.75) is 20.3 Å². The molecule has 0 heterocycles. The van der Waals surface area contributed by atoms with E-state index in [1.54, 1.807) is 7.11 Å². The molecule has 0 radical (unpaired) electrons. The molecule has 0 saturated carbocycles. The van der Waals surface area contributed by atoms with Gasteiger partial charge in [0.2, 0.25) is 0 Å². The average molecular weight is 322 g/mol. The van der Waals surface area contributed by atoms with Crippen LogP contribution < -0.4 is 9.47 Å². The van der Waals surface area contributed by atoms with Gasteiger partial charge in [-0.05, 0) is 35.3 Å². The van der Waals surface area contributed by atoms with Crippen molar-refractivity contribution in [2.75, 3.05) is 13.7 Å². The summed E-state index contributed by atoms with van der Waals surface area (Å²) in [5.74, 6) is 1.98. The molecule has 24 heavy (non-hydrogen) atoms. The van der Waals surface area contributed by atoms with Gasteiger partial charge < -0.3 is 9.47 Å². The molecule has 2 aromatic rings. The Labute approximate surface area is 142 Å². The smallest absolute Gasteiger partial charge is 0.189 e. The van der Waals surface area contributed by atoms with E-state index in [1.807, 2.05) is 48.5 Å². The molecule has 0 fully saturated rings. The summed E-state index contributed by atoms with van der Waals surface area (Å²) in [6.45, 7) is 4.86. The SMILES string of the molecule is COc1cc(/C=C2\Cc3ccccc3C2=O)ccc1OCC(C)C. The molecule has 0 spiro atoms. The Kier molecular flexibility index (Phi) is 4.70. The van der Waals surface area contributed by atoms with Crippen LogP contribution in [0.3, 0.4) is 0 Å². The lowest BCUT2D eigenvalue weighted by Crippen LogP contribution is -2.05. The molecule has 0 saturated heterocycles. The number of Topliss-reactive ketones (excluding diaryl/α,β-unsaturated/α-hetero) is 1. The van der Waals surface area contributed by atoms with Crippen molar-refractivity contribution >= 4 is 11.9 Å². The molecule has 3 rings (SSSR count). The molecule has 0 aliphatic heterocycles. The highest BCUT2D eigenvalue weighted by Gasteiger charge is 2.24.